The SMILES string of the molecule is CC1CN(S(=O)(=O)c2cccc(C(=O)OCC(=O)c3ccc(-c4ccccc4)cc3)c2)CC(C)O1. The third-order valence-corrected chi connectivity index (χ3v) is 7.57. The van der Waals surface area contributed by atoms with Crippen molar-refractivity contribution in [3.8, 4) is 11.1 Å². The van der Waals surface area contributed by atoms with Gasteiger partial charge in [-0.15, -0.1) is 0 Å². The number of carbonyl (C=O) groups is 2. The van der Waals surface area contributed by atoms with E-state index in [0.717, 1.165) is 11.1 Å². The maximum Gasteiger partial charge on any atom is 0.338 e. The number of Topliss-reactive ketones (excluding diaryl/α,β-unsaturated/α-hetero) is 1. The Morgan fingerprint density at radius 1 is 0.857 bits per heavy atom. The molecule has 2 unspecified atom stereocenters. The predicted molar refractivity (Wildman–Crippen MR) is 132 cm³/mol. The maximum atomic E-state index is 13.1. The first kappa shape index (κ1) is 24.8. The number of benzene rings is 3. The number of rotatable bonds is 7. The van der Waals surface area contributed by atoms with E-state index >= 15 is 0 Å². The molecule has 1 saturated heterocycles. The molecule has 0 aliphatic carbocycles. The van der Waals surface area contributed by atoms with Gasteiger partial charge in [0.05, 0.1) is 22.7 Å². The summed E-state index contributed by atoms with van der Waals surface area (Å²) in [7, 11) is -3.81. The normalized spacial score (nSPS) is 18.7. The highest BCUT2D eigenvalue weighted by atomic mass is 32.2. The highest BCUT2D eigenvalue weighted by molar-refractivity contribution is 7.89. The molecule has 0 amide bonds. The minimum Gasteiger partial charge on any atom is -0.454 e. The molecule has 2 atom stereocenters. The van der Waals surface area contributed by atoms with E-state index in [2.05, 4.69) is 0 Å². The number of ketones is 1. The van der Waals surface area contributed by atoms with E-state index < -0.39 is 22.6 Å². The lowest BCUT2D eigenvalue weighted by atomic mass is 10.0. The fourth-order valence-corrected chi connectivity index (χ4v) is 5.67. The van der Waals surface area contributed by atoms with Gasteiger partial charge in [0.2, 0.25) is 10.0 Å². The fraction of sp³-hybridized carbons (Fsp3) is 0.259. The average Bonchev–Trinajstić information content (AvgIpc) is 2.87. The predicted octanol–water partition coefficient (Wildman–Crippen LogP) is 4.19. The van der Waals surface area contributed by atoms with Crippen molar-refractivity contribution in [1.29, 1.82) is 0 Å². The highest BCUT2D eigenvalue weighted by Crippen LogP contribution is 2.23. The van der Waals surface area contributed by atoms with E-state index in [1.807, 2.05) is 56.3 Å². The zero-order valence-corrected chi connectivity index (χ0v) is 20.4. The summed E-state index contributed by atoms with van der Waals surface area (Å²) in [6, 6.07) is 22.5. The molecule has 0 bridgehead atoms. The Morgan fingerprint density at radius 2 is 1.49 bits per heavy atom. The summed E-state index contributed by atoms with van der Waals surface area (Å²) in [5.74, 6) is -1.11. The fourth-order valence-electron chi connectivity index (χ4n) is 4.04. The number of nitrogens with zero attached hydrogens (tertiary/aromatic N) is 1. The number of esters is 1. The van der Waals surface area contributed by atoms with E-state index in [0.29, 0.717) is 5.56 Å². The standard InChI is InChI=1S/C27H27NO6S/c1-19-16-28(17-20(2)34-19)35(31,32)25-10-6-9-24(15-25)27(30)33-18-26(29)23-13-11-22(12-14-23)21-7-4-3-5-8-21/h3-15,19-20H,16-18H2,1-2H3. The van der Waals surface area contributed by atoms with Gasteiger partial charge in [-0.1, -0.05) is 60.7 Å². The Labute approximate surface area is 205 Å². The van der Waals surface area contributed by atoms with Crippen LogP contribution in [0.2, 0.25) is 0 Å². The number of sulfonamides is 1. The summed E-state index contributed by atoms with van der Waals surface area (Å²) in [5, 5.41) is 0. The van der Waals surface area contributed by atoms with Crippen LogP contribution in [0.4, 0.5) is 0 Å². The molecule has 0 saturated carbocycles. The molecule has 0 aromatic heterocycles. The molecule has 1 aliphatic rings. The average molecular weight is 494 g/mol. The van der Waals surface area contributed by atoms with Crippen LogP contribution in [0.25, 0.3) is 11.1 Å². The molecule has 3 aromatic rings. The van der Waals surface area contributed by atoms with Gasteiger partial charge in [-0.25, -0.2) is 13.2 Å². The number of hydrogen-bond donors (Lipinski definition) is 0. The second-order valence-corrected chi connectivity index (χ2v) is 10.5. The molecule has 0 N–H and O–H groups in total. The molecule has 3 aromatic carbocycles. The van der Waals surface area contributed by atoms with Crippen LogP contribution in [0.3, 0.4) is 0 Å². The van der Waals surface area contributed by atoms with Crippen molar-refractivity contribution >= 4 is 21.8 Å². The molecule has 1 fully saturated rings. The van der Waals surface area contributed by atoms with Crippen LogP contribution in [-0.4, -0.2) is 56.4 Å². The van der Waals surface area contributed by atoms with Gasteiger partial charge in [0.15, 0.2) is 12.4 Å². The zero-order chi connectivity index (χ0) is 25.0. The van der Waals surface area contributed by atoms with Crippen molar-refractivity contribution in [3.05, 3.63) is 90.0 Å². The molecule has 0 radical (unpaired) electrons. The molecule has 4 rings (SSSR count). The van der Waals surface area contributed by atoms with E-state index in [1.54, 1.807) is 12.1 Å². The summed E-state index contributed by atoms with van der Waals surface area (Å²) in [6.07, 6.45) is -0.455. The van der Waals surface area contributed by atoms with Crippen molar-refractivity contribution in [3.63, 3.8) is 0 Å². The Kier molecular flexibility index (Phi) is 7.45. The van der Waals surface area contributed by atoms with Gasteiger partial charge in [-0.3, -0.25) is 4.79 Å². The van der Waals surface area contributed by atoms with Crippen LogP contribution >= 0.6 is 0 Å². The van der Waals surface area contributed by atoms with Crippen molar-refractivity contribution < 1.29 is 27.5 Å². The number of morpholine rings is 1. The van der Waals surface area contributed by atoms with Gasteiger partial charge in [0, 0.05) is 18.7 Å². The van der Waals surface area contributed by atoms with Gasteiger partial charge < -0.3 is 9.47 Å². The van der Waals surface area contributed by atoms with Crippen LogP contribution in [0.15, 0.2) is 83.8 Å². The molecular weight excluding hydrogens is 466 g/mol. The van der Waals surface area contributed by atoms with E-state index in [1.165, 1.54) is 28.6 Å². The molecule has 7 nitrogen and oxygen atoms in total. The lowest BCUT2D eigenvalue weighted by Gasteiger charge is -2.34. The summed E-state index contributed by atoms with van der Waals surface area (Å²) < 4.78 is 38.4. The molecule has 35 heavy (non-hydrogen) atoms. The van der Waals surface area contributed by atoms with E-state index in [9.17, 15) is 18.0 Å². The highest BCUT2D eigenvalue weighted by Gasteiger charge is 2.32. The molecule has 1 heterocycles. The van der Waals surface area contributed by atoms with E-state index in [-0.39, 0.29) is 41.5 Å². The Bertz CT molecular complexity index is 1300. The van der Waals surface area contributed by atoms with Crippen LogP contribution in [-0.2, 0) is 19.5 Å². The summed E-state index contributed by atoms with van der Waals surface area (Å²) >= 11 is 0. The monoisotopic (exact) mass is 493 g/mol. The minimum absolute atomic E-state index is 0.00363. The summed E-state index contributed by atoms with van der Waals surface area (Å²) in [5.41, 5.74) is 2.49. The smallest absolute Gasteiger partial charge is 0.338 e. The number of hydrogen-bond acceptors (Lipinski definition) is 6. The molecule has 182 valence electrons. The number of carbonyl (C=O) groups excluding carboxylic acids is 2. The lowest BCUT2D eigenvalue weighted by Crippen LogP contribution is -2.48. The maximum absolute atomic E-state index is 13.1. The lowest BCUT2D eigenvalue weighted by molar-refractivity contribution is -0.0440. The molecular formula is C27H27NO6S. The first-order chi connectivity index (χ1) is 16.7. The van der Waals surface area contributed by atoms with Crippen molar-refractivity contribution in [2.24, 2.45) is 0 Å². The van der Waals surface area contributed by atoms with Gasteiger partial charge in [-0.2, -0.15) is 4.31 Å². The Morgan fingerprint density at radius 3 is 2.14 bits per heavy atom. The third kappa shape index (κ3) is 5.85. The molecule has 0 spiro atoms. The zero-order valence-electron chi connectivity index (χ0n) is 19.6. The van der Waals surface area contributed by atoms with Crippen molar-refractivity contribution in [2.45, 2.75) is 31.0 Å². The van der Waals surface area contributed by atoms with E-state index in [4.69, 9.17) is 9.47 Å². The van der Waals surface area contributed by atoms with Crippen LogP contribution < -0.4 is 0 Å². The molecule has 1 aliphatic heterocycles. The summed E-state index contributed by atoms with van der Waals surface area (Å²) in [4.78, 5) is 25.1. The first-order valence-corrected chi connectivity index (χ1v) is 12.8. The third-order valence-electron chi connectivity index (χ3n) is 5.74. The van der Waals surface area contributed by atoms with Crippen LogP contribution in [0.1, 0.15) is 34.6 Å². The number of ether oxygens (including phenoxy) is 2. The van der Waals surface area contributed by atoms with Gasteiger partial charge in [0.1, 0.15) is 0 Å². The Hall–Kier alpha value is -3.33. The van der Waals surface area contributed by atoms with Gasteiger partial charge >= 0.3 is 5.97 Å². The van der Waals surface area contributed by atoms with Crippen LogP contribution in [0.5, 0.6) is 0 Å². The first-order valence-electron chi connectivity index (χ1n) is 11.4. The molecule has 8 heteroatoms. The minimum atomic E-state index is -3.81. The topological polar surface area (TPSA) is 90.0 Å². The largest absolute Gasteiger partial charge is 0.454 e. The second kappa shape index (κ2) is 10.5. The van der Waals surface area contributed by atoms with Gasteiger partial charge in [-0.05, 0) is 43.2 Å². The second-order valence-electron chi connectivity index (χ2n) is 8.55. The quantitative estimate of drug-likeness (QED) is 0.362. The van der Waals surface area contributed by atoms with Crippen molar-refractivity contribution in [1.82, 2.24) is 4.31 Å². The van der Waals surface area contributed by atoms with Crippen LogP contribution in [0, 0.1) is 0 Å². The Balaban J connectivity index is 1.40. The summed E-state index contributed by atoms with van der Waals surface area (Å²) in [6.45, 7) is 3.66. The van der Waals surface area contributed by atoms with Gasteiger partial charge in [0.25, 0.3) is 0 Å². The van der Waals surface area contributed by atoms with Crippen molar-refractivity contribution in [2.75, 3.05) is 19.7 Å².